The summed E-state index contributed by atoms with van der Waals surface area (Å²) in [6.45, 7) is 2.33. The fourth-order valence-electron chi connectivity index (χ4n) is 4.41. The topological polar surface area (TPSA) is 0 Å². The van der Waals surface area contributed by atoms with Gasteiger partial charge >= 0.3 is 0 Å². The third-order valence-electron chi connectivity index (χ3n) is 6.05. The number of thiol groups is 1. The van der Waals surface area contributed by atoms with Crippen molar-refractivity contribution in [2.24, 2.45) is 0 Å². The molecule has 0 saturated heterocycles. The van der Waals surface area contributed by atoms with Crippen molar-refractivity contribution < 1.29 is 0 Å². The second kappa shape index (κ2) is 6.68. The molecule has 0 atom stereocenters. The zero-order valence-corrected chi connectivity index (χ0v) is 16.8. The molecule has 0 unspecified atom stereocenters. The summed E-state index contributed by atoms with van der Waals surface area (Å²) in [4.78, 5) is 0. The normalized spacial score (nSPS) is 13.8. The van der Waals surface area contributed by atoms with E-state index < -0.39 is 0 Å². The number of fused-ring (bicyclic) bond motifs is 3. The van der Waals surface area contributed by atoms with Crippen LogP contribution >= 0.6 is 12.6 Å². The molecule has 0 spiro atoms. The van der Waals surface area contributed by atoms with Gasteiger partial charge in [-0.3, -0.25) is 0 Å². The van der Waals surface area contributed by atoms with Gasteiger partial charge in [0.05, 0.1) is 0 Å². The minimum Gasteiger partial charge on any atom is -0.178 e. The summed E-state index contributed by atoms with van der Waals surface area (Å²) >= 11 is 4.79. The van der Waals surface area contributed by atoms with Crippen LogP contribution in [0.5, 0.6) is 0 Å². The van der Waals surface area contributed by atoms with E-state index in [-0.39, 0.29) is 5.41 Å². The fourth-order valence-corrected chi connectivity index (χ4v) is 4.75. The third kappa shape index (κ3) is 2.62. The highest BCUT2D eigenvalue weighted by molar-refractivity contribution is 7.80. The molecule has 0 aromatic heterocycles. The van der Waals surface area contributed by atoms with Crippen LogP contribution in [0.4, 0.5) is 0 Å². The molecule has 0 N–H and O–H groups in total. The summed E-state index contributed by atoms with van der Waals surface area (Å²) < 4.78 is 0. The summed E-state index contributed by atoms with van der Waals surface area (Å²) in [5, 5.41) is 0. The van der Waals surface area contributed by atoms with Gasteiger partial charge in [-0.2, -0.15) is 12.6 Å². The van der Waals surface area contributed by atoms with Gasteiger partial charge in [0.25, 0.3) is 0 Å². The lowest BCUT2D eigenvalue weighted by Crippen LogP contribution is -2.22. The zero-order chi connectivity index (χ0) is 19.1. The summed E-state index contributed by atoms with van der Waals surface area (Å²) in [5.41, 5.74) is 10.4. The Labute approximate surface area is 172 Å². The van der Waals surface area contributed by atoms with Crippen LogP contribution in [-0.4, -0.2) is 5.75 Å². The summed E-state index contributed by atoms with van der Waals surface area (Å²) in [7, 11) is 0. The molecule has 5 rings (SSSR count). The fraction of sp³-hybridized carbons (Fsp3) is 0.111. The maximum atomic E-state index is 4.79. The van der Waals surface area contributed by atoms with E-state index in [1.165, 1.54) is 44.5 Å². The average molecular weight is 379 g/mol. The monoisotopic (exact) mass is 378 g/mol. The average Bonchev–Trinajstić information content (AvgIpc) is 3.03. The Morgan fingerprint density at radius 1 is 0.571 bits per heavy atom. The molecule has 1 aliphatic rings. The molecule has 0 amide bonds. The van der Waals surface area contributed by atoms with Crippen LogP contribution in [0, 0.1) is 0 Å². The highest BCUT2D eigenvalue weighted by Gasteiger charge is 2.38. The Morgan fingerprint density at radius 3 is 1.39 bits per heavy atom. The third-order valence-corrected chi connectivity index (χ3v) is 6.68. The van der Waals surface area contributed by atoms with Gasteiger partial charge in [-0.05, 0) is 56.6 Å². The Hall–Kier alpha value is -2.77. The van der Waals surface area contributed by atoms with Crippen molar-refractivity contribution in [3.63, 3.8) is 0 Å². The van der Waals surface area contributed by atoms with Crippen molar-refractivity contribution >= 4 is 12.6 Å². The van der Waals surface area contributed by atoms with Crippen molar-refractivity contribution in [2.75, 3.05) is 5.75 Å². The van der Waals surface area contributed by atoms with Crippen LogP contribution in [0.1, 0.15) is 18.1 Å². The molecule has 0 aliphatic heterocycles. The molecular weight excluding hydrogens is 356 g/mol. The van der Waals surface area contributed by atoms with Crippen molar-refractivity contribution in [3.8, 4) is 33.4 Å². The van der Waals surface area contributed by atoms with Gasteiger partial charge < -0.3 is 0 Å². The predicted molar refractivity (Wildman–Crippen MR) is 123 cm³/mol. The standard InChI is InChI=1S/C27H22S/c1-27(18-28)25-16-21(19-8-4-2-5-9-19)12-14-23(25)24-15-13-22(17-26(24)27)20-10-6-3-7-11-20/h2-17,28H,18H2,1H3. The van der Waals surface area contributed by atoms with E-state index in [0.717, 1.165) is 5.75 Å². The van der Waals surface area contributed by atoms with Crippen LogP contribution in [0.15, 0.2) is 97.1 Å². The molecule has 4 aromatic rings. The minimum atomic E-state index is -0.0939. The number of hydrogen-bond donors (Lipinski definition) is 1. The lowest BCUT2D eigenvalue weighted by atomic mass is 9.80. The molecule has 28 heavy (non-hydrogen) atoms. The van der Waals surface area contributed by atoms with E-state index in [2.05, 4.69) is 104 Å². The first-order valence-corrected chi connectivity index (χ1v) is 10.3. The lowest BCUT2D eigenvalue weighted by molar-refractivity contribution is 0.675. The van der Waals surface area contributed by atoms with Gasteiger partial charge in [0.2, 0.25) is 0 Å². The Kier molecular flexibility index (Phi) is 4.14. The quantitative estimate of drug-likeness (QED) is 0.357. The maximum absolute atomic E-state index is 4.79. The number of hydrogen-bond acceptors (Lipinski definition) is 1. The van der Waals surface area contributed by atoms with Gasteiger partial charge in [0, 0.05) is 11.2 Å². The lowest BCUT2D eigenvalue weighted by Gasteiger charge is -2.26. The van der Waals surface area contributed by atoms with Gasteiger partial charge in [0.1, 0.15) is 0 Å². The van der Waals surface area contributed by atoms with Crippen LogP contribution in [-0.2, 0) is 5.41 Å². The maximum Gasteiger partial charge on any atom is 0.0275 e. The molecule has 0 bridgehead atoms. The van der Waals surface area contributed by atoms with E-state index in [0.29, 0.717) is 0 Å². The summed E-state index contributed by atoms with van der Waals surface area (Å²) in [5.74, 6) is 0.781. The smallest absolute Gasteiger partial charge is 0.0275 e. The van der Waals surface area contributed by atoms with E-state index in [9.17, 15) is 0 Å². The Bertz CT molecular complexity index is 1050. The first-order valence-electron chi connectivity index (χ1n) is 9.72. The second-order valence-electron chi connectivity index (χ2n) is 7.74. The highest BCUT2D eigenvalue weighted by Crippen LogP contribution is 2.51. The van der Waals surface area contributed by atoms with Gasteiger partial charge in [-0.25, -0.2) is 0 Å². The molecule has 0 heterocycles. The number of benzene rings is 4. The Morgan fingerprint density at radius 2 is 1.00 bits per heavy atom. The molecular formula is C27H22S. The highest BCUT2D eigenvalue weighted by atomic mass is 32.1. The van der Waals surface area contributed by atoms with E-state index in [1.807, 2.05) is 0 Å². The molecule has 0 saturated carbocycles. The van der Waals surface area contributed by atoms with Crippen molar-refractivity contribution in [1.82, 2.24) is 0 Å². The number of rotatable bonds is 3. The molecule has 1 heteroatoms. The van der Waals surface area contributed by atoms with Gasteiger partial charge in [-0.15, -0.1) is 0 Å². The van der Waals surface area contributed by atoms with Crippen LogP contribution in [0.25, 0.3) is 33.4 Å². The second-order valence-corrected chi connectivity index (χ2v) is 8.06. The van der Waals surface area contributed by atoms with E-state index in [4.69, 9.17) is 12.6 Å². The van der Waals surface area contributed by atoms with Gasteiger partial charge in [0.15, 0.2) is 0 Å². The zero-order valence-electron chi connectivity index (χ0n) is 15.9. The molecule has 0 radical (unpaired) electrons. The molecule has 0 nitrogen and oxygen atoms in total. The SMILES string of the molecule is CC1(CS)c2cc(-c3ccccc3)ccc2-c2ccc(-c3ccccc3)cc21. The molecule has 0 fully saturated rings. The summed E-state index contributed by atoms with van der Waals surface area (Å²) in [6.07, 6.45) is 0. The van der Waals surface area contributed by atoms with Gasteiger partial charge in [-0.1, -0.05) is 91.9 Å². The first-order chi connectivity index (χ1) is 13.7. The molecule has 1 aliphatic carbocycles. The van der Waals surface area contributed by atoms with Crippen LogP contribution in [0.2, 0.25) is 0 Å². The van der Waals surface area contributed by atoms with E-state index in [1.54, 1.807) is 0 Å². The van der Waals surface area contributed by atoms with Crippen molar-refractivity contribution in [3.05, 3.63) is 108 Å². The van der Waals surface area contributed by atoms with Crippen LogP contribution in [0.3, 0.4) is 0 Å². The largest absolute Gasteiger partial charge is 0.178 e. The van der Waals surface area contributed by atoms with E-state index >= 15 is 0 Å². The molecule has 136 valence electrons. The Balaban J connectivity index is 1.68. The first kappa shape index (κ1) is 17.3. The van der Waals surface area contributed by atoms with Crippen molar-refractivity contribution in [2.45, 2.75) is 12.3 Å². The molecule has 4 aromatic carbocycles. The van der Waals surface area contributed by atoms with Crippen LogP contribution < -0.4 is 0 Å². The predicted octanol–water partition coefficient (Wildman–Crippen LogP) is 7.24. The minimum absolute atomic E-state index is 0.0939. The summed E-state index contributed by atoms with van der Waals surface area (Å²) in [6, 6.07) is 35.0. The van der Waals surface area contributed by atoms with Crippen molar-refractivity contribution in [1.29, 1.82) is 0 Å².